The SMILES string of the molecule is C=C(CCCCCCC)C(C)OCCC#N. The Hall–Kier alpha value is -0.810. The summed E-state index contributed by atoms with van der Waals surface area (Å²) in [7, 11) is 0. The molecule has 0 aromatic carbocycles. The van der Waals surface area contributed by atoms with E-state index in [9.17, 15) is 0 Å². The second-order valence-electron chi connectivity index (χ2n) is 4.24. The van der Waals surface area contributed by atoms with E-state index in [0.29, 0.717) is 13.0 Å². The van der Waals surface area contributed by atoms with Gasteiger partial charge in [0.1, 0.15) is 0 Å². The molecule has 1 atom stereocenters. The summed E-state index contributed by atoms with van der Waals surface area (Å²) in [5.74, 6) is 0. The van der Waals surface area contributed by atoms with Crippen LogP contribution in [0.1, 0.15) is 58.8 Å². The molecule has 92 valence electrons. The van der Waals surface area contributed by atoms with E-state index >= 15 is 0 Å². The third kappa shape index (κ3) is 8.49. The maximum absolute atomic E-state index is 8.39. The van der Waals surface area contributed by atoms with Crippen LogP contribution < -0.4 is 0 Å². The zero-order valence-electron chi connectivity index (χ0n) is 10.8. The molecule has 0 N–H and O–H groups in total. The van der Waals surface area contributed by atoms with Crippen molar-refractivity contribution in [3.05, 3.63) is 12.2 Å². The molecule has 0 heterocycles. The molecule has 16 heavy (non-hydrogen) atoms. The summed E-state index contributed by atoms with van der Waals surface area (Å²) in [5, 5.41) is 8.39. The second kappa shape index (κ2) is 10.7. The Bertz CT molecular complexity index is 217. The van der Waals surface area contributed by atoms with Crippen LogP contribution in [0.15, 0.2) is 12.2 Å². The number of nitriles is 1. The average Bonchev–Trinajstić information content (AvgIpc) is 2.28. The van der Waals surface area contributed by atoms with Crippen LogP contribution in [0, 0.1) is 11.3 Å². The van der Waals surface area contributed by atoms with Gasteiger partial charge in [-0.15, -0.1) is 0 Å². The average molecular weight is 223 g/mol. The maximum atomic E-state index is 8.39. The van der Waals surface area contributed by atoms with Crippen LogP contribution in [-0.2, 0) is 4.74 Å². The van der Waals surface area contributed by atoms with Crippen molar-refractivity contribution in [1.29, 1.82) is 5.26 Å². The number of rotatable bonds is 10. The van der Waals surface area contributed by atoms with Crippen molar-refractivity contribution in [1.82, 2.24) is 0 Å². The molecule has 0 amide bonds. The van der Waals surface area contributed by atoms with Gasteiger partial charge >= 0.3 is 0 Å². The van der Waals surface area contributed by atoms with Gasteiger partial charge in [-0.05, 0) is 25.3 Å². The first-order valence-corrected chi connectivity index (χ1v) is 6.38. The highest BCUT2D eigenvalue weighted by atomic mass is 16.5. The normalized spacial score (nSPS) is 12.1. The van der Waals surface area contributed by atoms with Crippen LogP contribution in [0.3, 0.4) is 0 Å². The van der Waals surface area contributed by atoms with Crippen molar-refractivity contribution < 1.29 is 4.74 Å². The van der Waals surface area contributed by atoms with Crippen molar-refractivity contribution in [3.63, 3.8) is 0 Å². The van der Waals surface area contributed by atoms with Crippen molar-refractivity contribution in [2.24, 2.45) is 0 Å². The fourth-order valence-corrected chi connectivity index (χ4v) is 1.56. The van der Waals surface area contributed by atoms with Crippen molar-refractivity contribution in [3.8, 4) is 6.07 Å². The highest BCUT2D eigenvalue weighted by Crippen LogP contribution is 2.14. The smallest absolute Gasteiger partial charge is 0.0754 e. The Labute approximate surface area is 100 Å². The Balaban J connectivity index is 3.44. The van der Waals surface area contributed by atoms with E-state index in [4.69, 9.17) is 10.00 Å². The van der Waals surface area contributed by atoms with Gasteiger partial charge in [0.2, 0.25) is 0 Å². The van der Waals surface area contributed by atoms with Gasteiger partial charge in [-0.2, -0.15) is 5.26 Å². The molecule has 0 fully saturated rings. The van der Waals surface area contributed by atoms with Gasteiger partial charge in [0.15, 0.2) is 0 Å². The summed E-state index contributed by atoms with van der Waals surface area (Å²) < 4.78 is 5.50. The molecule has 1 unspecified atom stereocenters. The molecular weight excluding hydrogens is 198 g/mol. The minimum absolute atomic E-state index is 0.0968. The van der Waals surface area contributed by atoms with Gasteiger partial charge in [0, 0.05) is 0 Å². The monoisotopic (exact) mass is 223 g/mol. The minimum Gasteiger partial charge on any atom is -0.373 e. The molecule has 2 heteroatoms. The zero-order chi connectivity index (χ0) is 12.2. The lowest BCUT2D eigenvalue weighted by Crippen LogP contribution is -2.11. The quantitative estimate of drug-likeness (QED) is 0.410. The second-order valence-corrected chi connectivity index (χ2v) is 4.24. The molecule has 2 nitrogen and oxygen atoms in total. The van der Waals surface area contributed by atoms with Crippen LogP contribution in [0.4, 0.5) is 0 Å². The van der Waals surface area contributed by atoms with Crippen molar-refractivity contribution >= 4 is 0 Å². The first-order valence-electron chi connectivity index (χ1n) is 6.38. The zero-order valence-corrected chi connectivity index (χ0v) is 10.8. The van der Waals surface area contributed by atoms with Gasteiger partial charge in [-0.25, -0.2) is 0 Å². The maximum Gasteiger partial charge on any atom is 0.0754 e. The largest absolute Gasteiger partial charge is 0.373 e. The number of ether oxygens (including phenoxy) is 1. The van der Waals surface area contributed by atoms with Crippen molar-refractivity contribution in [2.75, 3.05) is 6.61 Å². The van der Waals surface area contributed by atoms with E-state index < -0.39 is 0 Å². The number of hydrogen-bond acceptors (Lipinski definition) is 2. The fourth-order valence-electron chi connectivity index (χ4n) is 1.56. The van der Waals surface area contributed by atoms with E-state index in [-0.39, 0.29) is 6.10 Å². The lowest BCUT2D eigenvalue weighted by molar-refractivity contribution is 0.0922. The summed E-state index contributed by atoms with van der Waals surface area (Å²) in [5.41, 5.74) is 1.16. The van der Waals surface area contributed by atoms with E-state index in [1.807, 2.05) is 6.92 Å². The third-order valence-electron chi connectivity index (χ3n) is 2.76. The van der Waals surface area contributed by atoms with Gasteiger partial charge in [-0.1, -0.05) is 39.2 Å². The van der Waals surface area contributed by atoms with Crippen LogP contribution in [0.5, 0.6) is 0 Å². The molecule has 0 saturated carbocycles. The molecule has 0 aromatic heterocycles. The lowest BCUT2D eigenvalue weighted by atomic mass is 10.0. The van der Waals surface area contributed by atoms with Crippen LogP contribution in [0.25, 0.3) is 0 Å². The van der Waals surface area contributed by atoms with Crippen LogP contribution in [0.2, 0.25) is 0 Å². The fraction of sp³-hybridized carbons (Fsp3) is 0.786. The Morgan fingerprint density at radius 3 is 2.62 bits per heavy atom. The predicted octanol–water partition coefficient (Wildman–Crippen LogP) is 4.22. The number of nitrogens with zero attached hydrogens (tertiary/aromatic N) is 1. The minimum atomic E-state index is 0.0968. The van der Waals surface area contributed by atoms with E-state index in [2.05, 4.69) is 19.6 Å². The molecule has 0 aromatic rings. The van der Waals surface area contributed by atoms with Crippen LogP contribution in [-0.4, -0.2) is 12.7 Å². The summed E-state index contributed by atoms with van der Waals surface area (Å²) in [6.07, 6.45) is 8.07. The van der Waals surface area contributed by atoms with Crippen LogP contribution >= 0.6 is 0 Å². The highest BCUT2D eigenvalue weighted by Gasteiger charge is 2.06. The molecule has 0 bridgehead atoms. The van der Waals surface area contributed by atoms with E-state index in [1.54, 1.807) is 0 Å². The summed E-state index contributed by atoms with van der Waals surface area (Å²) >= 11 is 0. The lowest BCUT2D eigenvalue weighted by Gasteiger charge is -2.14. The molecule has 0 spiro atoms. The van der Waals surface area contributed by atoms with Crippen molar-refractivity contribution in [2.45, 2.75) is 64.9 Å². The standard InChI is InChI=1S/C14H25NO/c1-4-5-6-7-8-10-13(2)14(3)16-12-9-11-15/h14H,2,4-10,12H2,1,3H3. The Kier molecular flexibility index (Phi) is 10.2. The Morgan fingerprint density at radius 2 is 2.00 bits per heavy atom. The first-order chi connectivity index (χ1) is 7.72. The molecule has 0 aliphatic heterocycles. The molecule has 0 saturated heterocycles. The van der Waals surface area contributed by atoms with E-state index in [1.165, 1.54) is 32.1 Å². The summed E-state index contributed by atoms with van der Waals surface area (Å²) in [6, 6.07) is 2.07. The van der Waals surface area contributed by atoms with E-state index in [0.717, 1.165) is 12.0 Å². The molecule has 0 radical (unpaired) electrons. The molecule has 0 rings (SSSR count). The van der Waals surface area contributed by atoms with Gasteiger partial charge in [-0.3, -0.25) is 0 Å². The topological polar surface area (TPSA) is 33.0 Å². The number of hydrogen-bond donors (Lipinski definition) is 0. The summed E-state index contributed by atoms with van der Waals surface area (Å²) in [6.45, 7) is 8.81. The van der Waals surface area contributed by atoms with Gasteiger partial charge < -0.3 is 4.74 Å². The van der Waals surface area contributed by atoms with Gasteiger partial charge in [0.05, 0.1) is 25.2 Å². The Morgan fingerprint density at radius 1 is 1.31 bits per heavy atom. The molecule has 0 aliphatic rings. The predicted molar refractivity (Wildman–Crippen MR) is 68.2 cm³/mol. The molecule has 0 aliphatic carbocycles. The van der Waals surface area contributed by atoms with Gasteiger partial charge in [0.25, 0.3) is 0 Å². The first kappa shape index (κ1) is 15.2. The highest BCUT2D eigenvalue weighted by molar-refractivity contribution is 5.00. The molecular formula is C14H25NO. The number of unbranched alkanes of at least 4 members (excludes halogenated alkanes) is 4. The third-order valence-corrected chi connectivity index (χ3v) is 2.76. The summed E-state index contributed by atoms with van der Waals surface area (Å²) in [4.78, 5) is 0.